The fourth-order valence-corrected chi connectivity index (χ4v) is 5.34. The van der Waals surface area contributed by atoms with Crippen molar-refractivity contribution in [2.75, 3.05) is 6.54 Å². The van der Waals surface area contributed by atoms with Crippen LogP contribution in [0.1, 0.15) is 54.7 Å². The van der Waals surface area contributed by atoms with E-state index in [0.29, 0.717) is 31.4 Å². The number of β-amino-alcohol motifs (C(OH)–C–C–N with tert-alkyl or cyclic N) is 1. The van der Waals surface area contributed by atoms with Gasteiger partial charge in [0.05, 0.1) is 40.4 Å². The van der Waals surface area contributed by atoms with Gasteiger partial charge in [-0.25, -0.2) is 4.98 Å². The molecule has 0 unspecified atom stereocenters. The first-order valence-electron chi connectivity index (χ1n) is 11.4. The average Bonchev–Trinajstić information content (AvgIpc) is 3.53. The number of Topliss-reactive ketones (excluding diaryl/α,β-unsaturated/α-hetero) is 1. The molecule has 2 aromatic heterocycles. The highest BCUT2D eigenvalue weighted by Gasteiger charge is 2.41. The highest BCUT2D eigenvalue weighted by Crippen LogP contribution is 2.30. The number of aliphatic hydroxyl groups excluding tert-OH is 1. The van der Waals surface area contributed by atoms with Gasteiger partial charge in [-0.15, -0.1) is 11.3 Å². The summed E-state index contributed by atoms with van der Waals surface area (Å²) in [6.07, 6.45) is 2.75. The molecule has 1 fully saturated rings. The van der Waals surface area contributed by atoms with Gasteiger partial charge in [-0.1, -0.05) is 31.2 Å². The summed E-state index contributed by atoms with van der Waals surface area (Å²) in [5, 5.41) is 10.3. The van der Waals surface area contributed by atoms with Crippen LogP contribution in [0.15, 0.2) is 46.5 Å². The third kappa shape index (κ3) is 5.09. The lowest BCUT2D eigenvalue weighted by atomic mass is 9.98. The van der Waals surface area contributed by atoms with E-state index < -0.39 is 18.1 Å². The Bertz CT molecular complexity index is 1120. The molecule has 0 radical (unpaired) electrons. The maximum absolute atomic E-state index is 13.3. The van der Waals surface area contributed by atoms with Crippen LogP contribution in [-0.4, -0.2) is 45.4 Å². The lowest BCUT2D eigenvalue weighted by Crippen LogP contribution is -2.43. The molecule has 0 aliphatic carbocycles. The second kappa shape index (κ2) is 10.0. The van der Waals surface area contributed by atoms with Crippen molar-refractivity contribution < 1.29 is 19.1 Å². The number of furan rings is 1. The van der Waals surface area contributed by atoms with E-state index in [2.05, 4.69) is 17.1 Å². The van der Waals surface area contributed by atoms with E-state index in [9.17, 15) is 14.7 Å². The number of aryl methyl sites for hydroxylation is 3. The summed E-state index contributed by atoms with van der Waals surface area (Å²) in [5.41, 5.74) is 6.02. The molecule has 7 heteroatoms. The largest absolute Gasteiger partial charge is 0.468 e. The Morgan fingerprint density at radius 2 is 2.03 bits per heavy atom. The molecule has 1 aliphatic heterocycles. The van der Waals surface area contributed by atoms with Gasteiger partial charge in [-0.3, -0.25) is 9.59 Å². The molecule has 33 heavy (non-hydrogen) atoms. The molecule has 174 valence electrons. The first-order chi connectivity index (χ1) is 15.9. The van der Waals surface area contributed by atoms with Crippen LogP contribution < -0.4 is 0 Å². The van der Waals surface area contributed by atoms with Crippen molar-refractivity contribution >= 4 is 23.0 Å². The Kier molecular flexibility index (Phi) is 7.10. The molecule has 1 saturated heterocycles. The van der Waals surface area contributed by atoms with Crippen molar-refractivity contribution in [1.29, 1.82) is 0 Å². The first kappa shape index (κ1) is 23.4. The van der Waals surface area contributed by atoms with E-state index >= 15 is 0 Å². The summed E-state index contributed by atoms with van der Waals surface area (Å²) >= 11 is 1.62. The number of carbonyl (C=O) groups is 2. The zero-order valence-corrected chi connectivity index (χ0v) is 20.1. The highest BCUT2D eigenvalue weighted by molar-refractivity contribution is 7.13. The number of thiazole rings is 1. The summed E-state index contributed by atoms with van der Waals surface area (Å²) in [6, 6.07) is 9.49. The van der Waals surface area contributed by atoms with Gasteiger partial charge in [0.1, 0.15) is 5.76 Å². The predicted molar refractivity (Wildman–Crippen MR) is 128 cm³/mol. The van der Waals surface area contributed by atoms with Crippen molar-refractivity contribution in [3.05, 3.63) is 64.7 Å². The summed E-state index contributed by atoms with van der Waals surface area (Å²) in [6.45, 7) is 6.04. The van der Waals surface area contributed by atoms with Crippen molar-refractivity contribution in [2.45, 2.75) is 64.5 Å². The smallest absolute Gasteiger partial charge is 0.234 e. The summed E-state index contributed by atoms with van der Waals surface area (Å²) in [4.78, 5) is 33.4. The standard InChI is InChI=1S/C26H30N2O4S/c1-4-21(24-11-16(2)14-32-24)26(31)28-13-20(29)12-22(28)23(30)10-7-18-5-8-19(9-6-18)25-17(3)27-15-33-25/h5-6,8-9,11,14-15,20-22,29H,4,7,10,12-13H2,1-3H3/t20-,21-,22+/m1/s1. The SMILES string of the molecule is CC[C@@H](C(=O)N1C[C@H](O)C[C@H]1C(=O)CCc1ccc(-c2scnc2C)cc1)c1cc(C)co1. The molecule has 3 atom stereocenters. The second-order valence-electron chi connectivity index (χ2n) is 8.81. The van der Waals surface area contributed by atoms with E-state index in [1.165, 1.54) is 0 Å². The minimum Gasteiger partial charge on any atom is -0.468 e. The quantitative estimate of drug-likeness (QED) is 0.521. The van der Waals surface area contributed by atoms with Crippen LogP contribution in [0.4, 0.5) is 0 Å². The van der Waals surface area contributed by atoms with E-state index in [4.69, 9.17) is 4.42 Å². The lowest BCUT2D eigenvalue weighted by Gasteiger charge is -2.27. The fraction of sp³-hybridized carbons (Fsp3) is 0.423. The number of nitrogens with zero attached hydrogens (tertiary/aromatic N) is 2. The van der Waals surface area contributed by atoms with E-state index in [0.717, 1.165) is 27.3 Å². The monoisotopic (exact) mass is 466 g/mol. The highest BCUT2D eigenvalue weighted by atomic mass is 32.1. The van der Waals surface area contributed by atoms with Crippen molar-refractivity contribution in [3.8, 4) is 10.4 Å². The van der Waals surface area contributed by atoms with Crippen LogP contribution in [-0.2, 0) is 16.0 Å². The maximum atomic E-state index is 13.3. The Labute approximate surface area is 198 Å². The van der Waals surface area contributed by atoms with Gasteiger partial charge in [0.25, 0.3) is 0 Å². The van der Waals surface area contributed by atoms with Gasteiger partial charge < -0.3 is 14.4 Å². The molecule has 0 bridgehead atoms. The molecule has 0 saturated carbocycles. The van der Waals surface area contributed by atoms with Crippen LogP contribution in [0, 0.1) is 13.8 Å². The minimum absolute atomic E-state index is 0.00671. The molecule has 1 aliphatic rings. The molecular formula is C26H30N2O4S. The third-order valence-corrected chi connectivity index (χ3v) is 7.33. The van der Waals surface area contributed by atoms with Crippen molar-refractivity contribution in [1.82, 2.24) is 9.88 Å². The number of carbonyl (C=O) groups excluding carboxylic acids is 2. The maximum Gasteiger partial charge on any atom is 0.234 e. The average molecular weight is 467 g/mol. The number of hydrogen-bond acceptors (Lipinski definition) is 6. The Balaban J connectivity index is 1.41. The van der Waals surface area contributed by atoms with Crippen molar-refractivity contribution in [3.63, 3.8) is 0 Å². The second-order valence-corrected chi connectivity index (χ2v) is 9.67. The first-order valence-corrected chi connectivity index (χ1v) is 12.3. The van der Waals surface area contributed by atoms with Gasteiger partial charge in [0, 0.05) is 19.4 Å². The number of aromatic nitrogens is 1. The van der Waals surface area contributed by atoms with Crippen LogP contribution in [0.5, 0.6) is 0 Å². The molecule has 1 N–H and O–H groups in total. The Morgan fingerprint density at radius 1 is 1.27 bits per heavy atom. The van der Waals surface area contributed by atoms with Gasteiger partial charge in [-0.05, 0) is 49.4 Å². The number of likely N-dealkylation sites (tertiary alicyclic amines) is 1. The number of ketones is 1. The third-order valence-electron chi connectivity index (χ3n) is 6.36. The molecule has 6 nitrogen and oxygen atoms in total. The van der Waals surface area contributed by atoms with Gasteiger partial charge in [0.2, 0.25) is 5.91 Å². The molecule has 1 aromatic carbocycles. The summed E-state index contributed by atoms with van der Waals surface area (Å²) in [7, 11) is 0. The number of aliphatic hydroxyl groups is 1. The van der Waals surface area contributed by atoms with Gasteiger partial charge in [-0.2, -0.15) is 0 Å². The normalized spacial score (nSPS) is 19.1. The summed E-state index contributed by atoms with van der Waals surface area (Å²) in [5.74, 6) is 0.0182. The molecule has 3 aromatic rings. The van der Waals surface area contributed by atoms with Crippen LogP contribution in [0.3, 0.4) is 0 Å². The Morgan fingerprint density at radius 3 is 2.64 bits per heavy atom. The molecule has 1 amide bonds. The molecular weight excluding hydrogens is 436 g/mol. The molecule has 0 spiro atoms. The van der Waals surface area contributed by atoms with E-state index in [1.54, 1.807) is 22.5 Å². The van der Waals surface area contributed by atoms with Crippen molar-refractivity contribution in [2.24, 2.45) is 0 Å². The number of hydrogen-bond donors (Lipinski definition) is 1. The van der Waals surface area contributed by atoms with Crippen LogP contribution in [0.25, 0.3) is 10.4 Å². The van der Waals surface area contributed by atoms with E-state index in [1.807, 2.05) is 44.5 Å². The van der Waals surface area contributed by atoms with Crippen LogP contribution in [0.2, 0.25) is 0 Å². The molecule has 3 heterocycles. The lowest BCUT2D eigenvalue weighted by molar-refractivity contribution is -0.139. The minimum atomic E-state index is -0.680. The Hall–Kier alpha value is -2.77. The van der Waals surface area contributed by atoms with E-state index in [-0.39, 0.29) is 18.2 Å². The van der Waals surface area contributed by atoms with Gasteiger partial charge in [0.15, 0.2) is 5.78 Å². The number of rotatable bonds is 8. The fourth-order valence-electron chi connectivity index (χ4n) is 4.53. The topological polar surface area (TPSA) is 83.6 Å². The number of benzene rings is 1. The summed E-state index contributed by atoms with van der Waals surface area (Å²) < 4.78 is 5.57. The number of amides is 1. The van der Waals surface area contributed by atoms with Crippen LogP contribution >= 0.6 is 11.3 Å². The van der Waals surface area contributed by atoms with Gasteiger partial charge >= 0.3 is 0 Å². The molecule has 4 rings (SSSR count). The predicted octanol–water partition coefficient (Wildman–Crippen LogP) is 4.68. The zero-order chi connectivity index (χ0) is 23.5. The zero-order valence-electron chi connectivity index (χ0n) is 19.3.